The minimum atomic E-state index is -1.11. The molecule has 10 heteroatoms. The maximum Gasteiger partial charge on any atom is 0.353 e. The van der Waals surface area contributed by atoms with Crippen LogP contribution in [0, 0.1) is 0 Å². The number of fused-ring (bicyclic) bond motifs is 1. The fourth-order valence-electron chi connectivity index (χ4n) is 1.99. The second-order valence-corrected chi connectivity index (χ2v) is 4.36. The Bertz CT molecular complexity index is 842. The van der Waals surface area contributed by atoms with Crippen molar-refractivity contribution in [1.82, 2.24) is 19.8 Å². The minimum absolute atomic E-state index is 0.108. The number of hydroxylamine groups is 2. The van der Waals surface area contributed by atoms with Gasteiger partial charge < -0.3 is 4.84 Å². The molecule has 1 aliphatic heterocycles. The molecule has 2 amide bonds. The molecule has 0 spiro atoms. The highest BCUT2D eigenvalue weighted by Crippen LogP contribution is 2.22. The molecule has 0 fully saturated rings. The van der Waals surface area contributed by atoms with Gasteiger partial charge in [-0.2, -0.15) is 0 Å². The number of rotatable bonds is 3. The van der Waals surface area contributed by atoms with Crippen LogP contribution in [0.2, 0.25) is 0 Å². The number of hydrogen-bond donors (Lipinski definition) is 2. The maximum atomic E-state index is 12.0. The Kier molecular flexibility index (Phi) is 2.98. The SMILES string of the molecule is O=C(Cn1c(=O)[nH][nH]c1=O)ON1C(=O)c2ccccc2C1=O. The van der Waals surface area contributed by atoms with E-state index in [2.05, 4.69) is 4.84 Å². The predicted molar refractivity (Wildman–Crippen MR) is 68.7 cm³/mol. The predicted octanol–water partition coefficient (Wildman–Crippen LogP) is -1.38. The Balaban J connectivity index is 1.79. The lowest BCUT2D eigenvalue weighted by Crippen LogP contribution is -2.37. The van der Waals surface area contributed by atoms with Crippen molar-refractivity contribution >= 4 is 17.8 Å². The van der Waals surface area contributed by atoms with E-state index < -0.39 is 35.7 Å². The highest BCUT2D eigenvalue weighted by molar-refractivity contribution is 6.20. The standard InChI is InChI=1S/C12H8N4O6/c17-8(5-15-11(20)13-14-12(15)21)22-16-9(18)6-3-1-2-4-7(6)10(16)19/h1-4H,5H2,(H,13,20)(H,14,21). The van der Waals surface area contributed by atoms with Crippen LogP contribution in [0.4, 0.5) is 0 Å². The number of benzene rings is 1. The zero-order valence-corrected chi connectivity index (χ0v) is 10.9. The molecular formula is C12H8N4O6. The lowest BCUT2D eigenvalue weighted by molar-refractivity contribution is -0.169. The Labute approximate surface area is 120 Å². The molecule has 1 aromatic heterocycles. The Morgan fingerprint density at radius 3 is 1.95 bits per heavy atom. The first-order valence-electron chi connectivity index (χ1n) is 6.05. The first-order valence-corrected chi connectivity index (χ1v) is 6.05. The van der Waals surface area contributed by atoms with E-state index in [0.29, 0.717) is 9.63 Å². The molecule has 2 aromatic rings. The van der Waals surface area contributed by atoms with Crippen molar-refractivity contribution in [1.29, 1.82) is 0 Å². The zero-order valence-electron chi connectivity index (χ0n) is 10.9. The number of aromatic nitrogens is 3. The van der Waals surface area contributed by atoms with Gasteiger partial charge in [0.05, 0.1) is 11.1 Å². The molecule has 0 unspecified atom stereocenters. The number of nitrogens with one attached hydrogen (secondary N) is 2. The highest BCUT2D eigenvalue weighted by Gasteiger charge is 2.38. The van der Waals surface area contributed by atoms with Gasteiger partial charge in [0.25, 0.3) is 11.8 Å². The van der Waals surface area contributed by atoms with E-state index in [0.717, 1.165) is 0 Å². The highest BCUT2D eigenvalue weighted by atomic mass is 16.7. The second-order valence-electron chi connectivity index (χ2n) is 4.36. The maximum absolute atomic E-state index is 12.0. The first-order chi connectivity index (χ1) is 10.5. The van der Waals surface area contributed by atoms with E-state index in [9.17, 15) is 24.0 Å². The molecule has 22 heavy (non-hydrogen) atoms. The van der Waals surface area contributed by atoms with Crippen LogP contribution >= 0.6 is 0 Å². The molecule has 0 saturated heterocycles. The van der Waals surface area contributed by atoms with Crippen LogP contribution in [0.25, 0.3) is 0 Å². The quantitative estimate of drug-likeness (QED) is 0.671. The third kappa shape index (κ3) is 2.02. The molecule has 2 heterocycles. The Morgan fingerprint density at radius 1 is 0.955 bits per heavy atom. The summed E-state index contributed by atoms with van der Waals surface area (Å²) in [4.78, 5) is 62.8. The third-order valence-electron chi connectivity index (χ3n) is 3.00. The number of imide groups is 1. The van der Waals surface area contributed by atoms with Crippen molar-refractivity contribution in [2.75, 3.05) is 0 Å². The number of carbonyl (C=O) groups is 3. The third-order valence-corrected chi connectivity index (χ3v) is 3.00. The summed E-state index contributed by atoms with van der Waals surface area (Å²) in [5.41, 5.74) is -1.47. The number of nitrogens with zero attached hydrogens (tertiary/aromatic N) is 2. The van der Waals surface area contributed by atoms with Gasteiger partial charge in [-0.05, 0) is 12.1 Å². The summed E-state index contributed by atoms with van der Waals surface area (Å²) < 4.78 is 0.528. The van der Waals surface area contributed by atoms with E-state index in [-0.39, 0.29) is 11.1 Å². The van der Waals surface area contributed by atoms with Gasteiger partial charge in [0, 0.05) is 0 Å². The summed E-state index contributed by atoms with van der Waals surface area (Å²) in [5, 5.41) is 4.27. The molecule has 10 nitrogen and oxygen atoms in total. The van der Waals surface area contributed by atoms with Crippen molar-refractivity contribution in [2.24, 2.45) is 0 Å². The van der Waals surface area contributed by atoms with Gasteiger partial charge in [-0.1, -0.05) is 17.2 Å². The molecule has 0 saturated carbocycles. The van der Waals surface area contributed by atoms with Crippen molar-refractivity contribution < 1.29 is 19.2 Å². The largest absolute Gasteiger partial charge is 0.353 e. The Hall–Kier alpha value is -3.43. The summed E-state index contributed by atoms with van der Waals surface area (Å²) >= 11 is 0. The monoisotopic (exact) mass is 304 g/mol. The molecule has 0 atom stereocenters. The van der Waals surface area contributed by atoms with Crippen LogP contribution in [0.5, 0.6) is 0 Å². The van der Waals surface area contributed by atoms with E-state index in [1.807, 2.05) is 10.2 Å². The molecule has 0 radical (unpaired) electrons. The van der Waals surface area contributed by atoms with E-state index in [1.165, 1.54) is 12.1 Å². The van der Waals surface area contributed by atoms with E-state index in [1.54, 1.807) is 12.1 Å². The molecule has 1 aliphatic rings. The number of amides is 2. The summed E-state index contributed by atoms with van der Waals surface area (Å²) in [6.45, 7) is -0.745. The average molecular weight is 304 g/mol. The molecule has 0 aliphatic carbocycles. The number of H-pyrrole nitrogens is 2. The minimum Gasteiger partial charge on any atom is -0.328 e. The van der Waals surface area contributed by atoms with Gasteiger partial charge in [0.15, 0.2) is 0 Å². The molecular weight excluding hydrogens is 296 g/mol. The lowest BCUT2D eigenvalue weighted by atomic mass is 10.1. The zero-order chi connectivity index (χ0) is 15.9. The smallest absolute Gasteiger partial charge is 0.328 e. The van der Waals surface area contributed by atoms with Crippen LogP contribution in [0.1, 0.15) is 20.7 Å². The topological polar surface area (TPSA) is 134 Å². The van der Waals surface area contributed by atoms with Gasteiger partial charge >= 0.3 is 17.3 Å². The van der Waals surface area contributed by atoms with Crippen molar-refractivity contribution in [3.8, 4) is 0 Å². The van der Waals surface area contributed by atoms with Crippen LogP contribution < -0.4 is 11.4 Å². The summed E-state index contributed by atoms with van der Waals surface area (Å²) in [6, 6.07) is 5.97. The number of carbonyl (C=O) groups excluding carboxylic acids is 3. The van der Waals surface area contributed by atoms with E-state index in [4.69, 9.17) is 0 Å². The normalized spacial score (nSPS) is 13.4. The van der Waals surface area contributed by atoms with E-state index >= 15 is 0 Å². The fourth-order valence-corrected chi connectivity index (χ4v) is 1.99. The first kappa shape index (κ1) is 13.5. The van der Waals surface area contributed by atoms with Crippen LogP contribution in [-0.2, 0) is 16.2 Å². The summed E-state index contributed by atoms with van der Waals surface area (Å²) in [7, 11) is 0. The fraction of sp³-hybridized carbons (Fsp3) is 0.0833. The van der Waals surface area contributed by atoms with Crippen LogP contribution in [0.15, 0.2) is 33.9 Å². The second kappa shape index (κ2) is 4.84. The molecule has 0 bridgehead atoms. The summed E-state index contributed by atoms with van der Waals surface area (Å²) in [5.74, 6) is -2.68. The molecule has 1 aromatic carbocycles. The van der Waals surface area contributed by atoms with Crippen molar-refractivity contribution in [3.05, 3.63) is 56.4 Å². The number of hydrogen-bond acceptors (Lipinski definition) is 6. The number of aromatic amines is 2. The van der Waals surface area contributed by atoms with Gasteiger partial charge in [0.2, 0.25) is 0 Å². The molecule has 2 N–H and O–H groups in total. The van der Waals surface area contributed by atoms with Crippen LogP contribution in [0.3, 0.4) is 0 Å². The lowest BCUT2D eigenvalue weighted by Gasteiger charge is -2.12. The van der Waals surface area contributed by atoms with Crippen LogP contribution in [-0.4, -0.2) is 37.6 Å². The average Bonchev–Trinajstić information content (AvgIpc) is 2.94. The van der Waals surface area contributed by atoms with Crippen molar-refractivity contribution in [2.45, 2.75) is 6.54 Å². The molecule has 3 rings (SSSR count). The Morgan fingerprint density at radius 2 is 1.45 bits per heavy atom. The van der Waals surface area contributed by atoms with Gasteiger partial charge in [0.1, 0.15) is 6.54 Å². The van der Waals surface area contributed by atoms with Gasteiger partial charge in [-0.3, -0.25) is 9.59 Å². The van der Waals surface area contributed by atoms with Crippen molar-refractivity contribution in [3.63, 3.8) is 0 Å². The molecule has 112 valence electrons. The van der Waals surface area contributed by atoms with Gasteiger partial charge in [-0.25, -0.2) is 29.1 Å². The van der Waals surface area contributed by atoms with Gasteiger partial charge in [-0.15, -0.1) is 0 Å². The summed E-state index contributed by atoms with van der Waals surface area (Å²) in [6.07, 6.45) is 0.